The lowest BCUT2D eigenvalue weighted by atomic mass is 10.2. The van der Waals surface area contributed by atoms with Crippen LogP contribution >= 0.6 is 23.1 Å². The first-order chi connectivity index (χ1) is 12.2. The third-order valence-corrected chi connectivity index (χ3v) is 5.16. The van der Waals surface area contributed by atoms with Crippen LogP contribution in [0.4, 0.5) is 9.52 Å². The number of nitrogens with one attached hydrogen (secondary N) is 1. The minimum absolute atomic E-state index is 0.256. The highest BCUT2D eigenvalue weighted by molar-refractivity contribution is 8.00. The Morgan fingerprint density at radius 2 is 2.00 bits per heavy atom. The number of aromatic nitrogens is 2. The van der Waals surface area contributed by atoms with E-state index in [1.54, 1.807) is 12.1 Å². The second-order valence-corrected chi connectivity index (χ2v) is 7.22. The molecule has 126 valence electrons. The summed E-state index contributed by atoms with van der Waals surface area (Å²) in [5.41, 5.74) is 1.82. The van der Waals surface area contributed by atoms with Gasteiger partial charge in [0.2, 0.25) is 11.0 Å². The van der Waals surface area contributed by atoms with E-state index in [0.29, 0.717) is 15.2 Å². The molecule has 1 amide bonds. The number of benzene rings is 2. The molecule has 1 aromatic heterocycles. The van der Waals surface area contributed by atoms with Gasteiger partial charge in [0.15, 0.2) is 4.34 Å². The molecule has 0 aliphatic rings. The predicted octanol–water partition coefficient (Wildman–Crippen LogP) is 4.62. The number of carbonyl (C=O) groups is 1. The molecule has 0 fully saturated rings. The summed E-state index contributed by atoms with van der Waals surface area (Å²) in [6.45, 7) is 0. The van der Waals surface area contributed by atoms with Gasteiger partial charge in [-0.05, 0) is 29.3 Å². The fourth-order valence-corrected chi connectivity index (χ4v) is 3.67. The number of halogens is 1. The number of anilines is 1. The van der Waals surface area contributed by atoms with E-state index in [4.69, 9.17) is 0 Å². The highest BCUT2D eigenvalue weighted by Crippen LogP contribution is 2.28. The summed E-state index contributed by atoms with van der Waals surface area (Å²) >= 11 is 2.74. The lowest BCUT2D eigenvalue weighted by Crippen LogP contribution is -2.07. The van der Waals surface area contributed by atoms with E-state index in [9.17, 15) is 9.18 Å². The minimum Gasteiger partial charge on any atom is -0.297 e. The molecule has 3 rings (SSSR count). The average molecular weight is 371 g/mol. The van der Waals surface area contributed by atoms with E-state index in [-0.39, 0.29) is 11.7 Å². The van der Waals surface area contributed by atoms with E-state index in [0.717, 1.165) is 11.1 Å². The molecule has 1 N–H and O–H groups in total. The van der Waals surface area contributed by atoms with E-state index in [2.05, 4.69) is 15.5 Å². The van der Waals surface area contributed by atoms with Crippen LogP contribution in [-0.4, -0.2) is 16.1 Å². The lowest BCUT2D eigenvalue weighted by molar-refractivity contribution is -0.111. The summed E-state index contributed by atoms with van der Waals surface area (Å²) < 4.78 is 13.9. The monoisotopic (exact) mass is 371 g/mol. The second kappa shape index (κ2) is 8.55. The van der Waals surface area contributed by atoms with Crippen LogP contribution in [0.15, 0.2) is 65.0 Å². The first-order valence-corrected chi connectivity index (χ1v) is 9.24. The van der Waals surface area contributed by atoms with Crippen molar-refractivity contribution in [3.63, 3.8) is 0 Å². The molecule has 7 heteroatoms. The molecule has 25 heavy (non-hydrogen) atoms. The van der Waals surface area contributed by atoms with Gasteiger partial charge in [-0.2, -0.15) is 0 Å². The summed E-state index contributed by atoms with van der Waals surface area (Å²) in [5, 5.41) is 11.1. The molecular formula is C18H14FN3OS2. The Balaban J connectivity index is 1.52. The molecule has 4 nitrogen and oxygen atoms in total. The number of hydrogen-bond acceptors (Lipinski definition) is 5. The Labute approximate surface area is 152 Å². The van der Waals surface area contributed by atoms with Gasteiger partial charge in [0.05, 0.1) is 0 Å². The quantitative estimate of drug-likeness (QED) is 0.390. The highest BCUT2D eigenvalue weighted by Gasteiger charge is 2.07. The van der Waals surface area contributed by atoms with Crippen LogP contribution in [0.2, 0.25) is 0 Å². The van der Waals surface area contributed by atoms with Crippen LogP contribution in [0.5, 0.6) is 0 Å². The van der Waals surface area contributed by atoms with Crippen molar-refractivity contribution < 1.29 is 9.18 Å². The van der Waals surface area contributed by atoms with E-state index < -0.39 is 0 Å². The van der Waals surface area contributed by atoms with Gasteiger partial charge < -0.3 is 0 Å². The van der Waals surface area contributed by atoms with Gasteiger partial charge in [-0.3, -0.25) is 10.1 Å². The Bertz CT molecular complexity index is 881. The first-order valence-electron chi connectivity index (χ1n) is 7.44. The van der Waals surface area contributed by atoms with Gasteiger partial charge in [-0.1, -0.05) is 65.6 Å². The van der Waals surface area contributed by atoms with Crippen LogP contribution in [0, 0.1) is 5.82 Å². The second-order valence-electron chi connectivity index (χ2n) is 5.02. The number of amides is 1. The van der Waals surface area contributed by atoms with Crippen molar-refractivity contribution in [2.24, 2.45) is 0 Å². The summed E-state index contributed by atoms with van der Waals surface area (Å²) in [4.78, 5) is 11.9. The number of hydrogen-bond donors (Lipinski definition) is 1. The summed E-state index contributed by atoms with van der Waals surface area (Å²) in [6, 6.07) is 16.0. The van der Waals surface area contributed by atoms with Gasteiger partial charge in [0.1, 0.15) is 5.82 Å². The predicted molar refractivity (Wildman–Crippen MR) is 100.0 cm³/mol. The van der Waals surface area contributed by atoms with Gasteiger partial charge in [-0.25, -0.2) is 4.39 Å². The zero-order chi connectivity index (χ0) is 17.5. The maximum absolute atomic E-state index is 13.1. The van der Waals surface area contributed by atoms with Gasteiger partial charge in [0, 0.05) is 11.8 Å². The minimum atomic E-state index is -0.262. The van der Waals surface area contributed by atoms with Crippen molar-refractivity contribution in [2.75, 3.05) is 5.32 Å². The van der Waals surface area contributed by atoms with Crippen molar-refractivity contribution in [3.05, 3.63) is 77.6 Å². The lowest BCUT2D eigenvalue weighted by Gasteiger charge is -1.98. The molecule has 2 aromatic carbocycles. The van der Waals surface area contributed by atoms with Crippen LogP contribution < -0.4 is 5.32 Å². The molecule has 0 spiro atoms. The summed E-state index contributed by atoms with van der Waals surface area (Å²) in [5.74, 6) is 0.0732. The van der Waals surface area contributed by atoms with E-state index in [1.165, 1.54) is 41.3 Å². The SMILES string of the molecule is O=C(C=Cc1ccccc1)Nc1nnc(SCc2cccc(F)c2)s1. The highest BCUT2D eigenvalue weighted by atomic mass is 32.2. The van der Waals surface area contributed by atoms with Crippen LogP contribution in [0.1, 0.15) is 11.1 Å². The van der Waals surface area contributed by atoms with Crippen molar-refractivity contribution >= 4 is 40.2 Å². The molecule has 0 bridgehead atoms. The average Bonchev–Trinajstić information content (AvgIpc) is 3.06. The van der Waals surface area contributed by atoms with Crippen molar-refractivity contribution in [1.29, 1.82) is 0 Å². The molecule has 0 aliphatic carbocycles. The zero-order valence-electron chi connectivity index (χ0n) is 13.1. The zero-order valence-corrected chi connectivity index (χ0v) is 14.7. The van der Waals surface area contributed by atoms with Crippen LogP contribution in [0.3, 0.4) is 0 Å². The third kappa shape index (κ3) is 5.51. The van der Waals surface area contributed by atoms with Crippen LogP contribution in [-0.2, 0) is 10.5 Å². The molecule has 0 atom stereocenters. The molecule has 0 saturated carbocycles. The van der Waals surface area contributed by atoms with E-state index >= 15 is 0 Å². The van der Waals surface area contributed by atoms with Crippen molar-refractivity contribution in [2.45, 2.75) is 10.1 Å². The molecule has 1 heterocycles. The van der Waals surface area contributed by atoms with E-state index in [1.807, 2.05) is 36.4 Å². The number of nitrogens with zero attached hydrogens (tertiary/aromatic N) is 2. The summed E-state index contributed by atoms with van der Waals surface area (Å²) in [6.07, 6.45) is 3.19. The Morgan fingerprint density at radius 3 is 2.80 bits per heavy atom. The standard InChI is InChI=1S/C18H14FN3OS2/c19-15-8-4-7-14(11-15)12-24-18-22-21-17(25-18)20-16(23)10-9-13-5-2-1-3-6-13/h1-11H,12H2,(H,20,21,23). The molecular weight excluding hydrogens is 357 g/mol. The molecule has 0 radical (unpaired) electrons. The third-order valence-electron chi connectivity index (χ3n) is 3.11. The Kier molecular flexibility index (Phi) is 5.92. The normalized spacial score (nSPS) is 10.9. The Morgan fingerprint density at radius 1 is 1.16 bits per heavy atom. The maximum Gasteiger partial charge on any atom is 0.250 e. The molecule has 0 saturated heterocycles. The topological polar surface area (TPSA) is 54.9 Å². The molecule has 3 aromatic rings. The van der Waals surface area contributed by atoms with Gasteiger partial charge >= 0.3 is 0 Å². The molecule has 0 aliphatic heterocycles. The van der Waals surface area contributed by atoms with Crippen LogP contribution in [0.25, 0.3) is 6.08 Å². The van der Waals surface area contributed by atoms with Gasteiger partial charge in [0.25, 0.3) is 0 Å². The molecule has 0 unspecified atom stereocenters. The number of rotatable bonds is 6. The van der Waals surface area contributed by atoms with Crippen molar-refractivity contribution in [3.8, 4) is 0 Å². The largest absolute Gasteiger partial charge is 0.297 e. The fourth-order valence-electron chi connectivity index (χ4n) is 1.97. The maximum atomic E-state index is 13.1. The first kappa shape index (κ1) is 17.3. The van der Waals surface area contributed by atoms with Gasteiger partial charge in [-0.15, -0.1) is 10.2 Å². The number of thioether (sulfide) groups is 1. The van der Waals surface area contributed by atoms with Crippen molar-refractivity contribution in [1.82, 2.24) is 10.2 Å². The summed E-state index contributed by atoms with van der Waals surface area (Å²) in [7, 11) is 0. The smallest absolute Gasteiger partial charge is 0.250 e. The Hall–Kier alpha value is -2.51. The number of carbonyl (C=O) groups excluding carboxylic acids is 1. The fraction of sp³-hybridized carbons (Fsp3) is 0.0556.